The molecule has 5 aliphatic rings. The molecule has 0 aromatic rings. The van der Waals surface area contributed by atoms with Gasteiger partial charge in [-0.3, -0.25) is 14.6 Å². The predicted molar refractivity (Wildman–Crippen MR) is 117 cm³/mol. The summed E-state index contributed by atoms with van der Waals surface area (Å²) in [5.74, 6) is 0.133. The molecule has 0 radical (unpaired) electrons. The van der Waals surface area contributed by atoms with E-state index >= 15 is 0 Å². The molecule has 0 amide bonds. The summed E-state index contributed by atoms with van der Waals surface area (Å²) in [6, 6.07) is 0.778. The number of aliphatic hydroxyl groups excluding tert-OH is 1. The molecule has 2 heterocycles. The summed E-state index contributed by atoms with van der Waals surface area (Å²) >= 11 is 0. The number of ether oxygens (including phenoxy) is 1. The molecule has 3 aliphatic carbocycles. The zero-order chi connectivity index (χ0) is 20.9. The highest BCUT2D eigenvalue weighted by molar-refractivity contribution is 5.76. The molecule has 0 unspecified atom stereocenters. The fourth-order valence-electron chi connectivity index (χ4n) is 7.31. The summed E-state index contributed by atoms with van der Waals surface area (Å²) in [6.45, 7) is 9.55. The minimum Gasteiger partial charge on any atom is -0.461 e. The van der Waals surface area contributed by atoms with Gasteiger partial charge in [0, 0.05) is 56.5 Å². The number of rotatable bonds is 3. The molecule has 0 spiro atoms. The molecule has 5 rings (SSSR count). The van der Waals surface area contributed by atoms with Gasteiger partial charge in [-0.15, -0.1) is 0 Å². The maximum Gasteiger partial charge on any atom is 0.311 e. The molecular formula is C25H40N2O3. The summed E-state index contributed by atoms with van der Waals surface area (Å²) in [5, 5.41) is 11.5. The molecule has 5 nitrogen and oxygen atoms in total. The Bertz CT molecular complexity index is 680. The molecule has 30 heavy (non-hydrogen) atoms. The Morgan fingerprint density at radius 1 is 1.13 bits per heavy atom. The van der Waals surface area contributed by atoms with Crippen molar-refractivity contribution in [1.82, 2.24) is 9.80 Å². The SMILES string of the molecule is C[C@H]1CCC=C2C[C@H]3OC(=O)[C@H](CN4CCN(C5CCCCC5)CC4)[C@H]3[C@@H](O)[C@@]21C. The van der Waals surface area contributed by atoms with Gasteiger partial charge in [-0.25, -0.2) is 0 Å². The number of hydrogen-bond donors (Lipinski definition) is 1. The summed E-state index contributed by atoms with van der Waals surface area (Å²) in [5.41, 5.74) is 1.12. The Balaban J connectivity index is 1.25. The molecule has 0 aromatic heterocycles. The Morgan fingerprint density at radius 2 is 1.87 bits per heavy atom. The van der Waals surface area contributed by atoms with Gasteiger partial charge in [0.05, 0.1) is 12.0 Å². The lowest BCUT2D eigenvalue weighted by atomic mass is 9.55. The number of nitrogens with zero attached hydrogens (tertiary/aromatic N) is 2. The van der Waals surface area contributed by atoms with Gasteiger partial charge in [0.2, 0.25) is 0 Å². The zero-order valence-corrected chi connectivity index (χ0v) is 18.9. The average Bonchev–Trinajstić information content (AvgIpc) is 3.07. The van der Waals surface area contributed by atoms with E-state index in [1.807, 2.05) is 0 Å². The molecule has 5 heteroatoms. The van der Waals surface area contributed by atoms with Crippen LogP contribution in [0.15, 0.2) is 11.6 Å². The van der Waals surface area contributed by atoms with Gasteiger partial charge in [-0.1, -0.05) is 44.8 Å². The third-order valence-electron chi connectivity index (χ3n) is 9.52. The van der Waals surface area contributed by atoms with E-state index in [-0.39, 0.29) is 29.3 Å². The van der Waals surface area contributed by atoms with Crippen LogP contribution in [0.4, 0.5) is 0 Å². The summed E-state index contributed by atoms with van der Waals surface area (Å²) in [4.78, 5) is 18.0. The maximum absolute atomic E-state index is 12.9. The Kier molecular flexibility index (Phi) is 5.74. The van der Waals surface area contributed by atoms with Gasteiger partial charge >= 0.3 is 5.97 Å². The van der Waals surface area contributed by atoms with Crippen molar-refractivity contribution in [2.75, 3.05) is 32.7 Å². The Morgan fingerprint density at radius 3 is 2.60 bits per heavy atom. The molecule has 168 valence electrons. The molecule has 4 fully saturated rings. The zero-order valence-electron chi connectivity index (χ0n) is 18.9. The molecule has 0 aromatic carbocycles. The first-order valence-electron chi connectivity index (χ1n) is 12.5. The molecular weight excluding hydrogens is 376 g/mol. The van der Waals surface area contributed by atoms with Crippen LogP contribution in [0.1, 0.15) is 65.2 Å². The van der Waals surface area contributed by atoms with Crippen LogP contribution in [0.2, 0.25) is 0 Å². The number of hydrogen-bond acceptors (Lipinski definition) is 5. The number of esters is 1. The fourth-order valence-corrected chi connectivity index (χ4v) is 7.31. The third kappa shape index (κ3) is 3.45. The van der Waals surface area contributed by atoms with Crippen LogP contribution in [0, 0.1) is 23.2 Å². The molecule has 2 saturated heterocycles. The van der Waals surface area contributed by atoms with Crippen LogP contribution in [-0.2, 0) is 9.53 Å². The summed E-state index contributed by atoms with van der Waals surface area (Å²) in [7, 11) is 0. The lowest BCUT2D eigenvalue weighted by molar-refractivity contribution is -0.145. The Hall–Kier alpha value is -0.910. The van der Waals surface area contributed by atoms with E-state index in [4.69, 9.17) is 4.74 Å². The molecule has 6 atom stereocenters. The van der Waals surface area contributed by atoms with Gasteiger partial charge in [-0.2, -0.15) is 0 Å². The number of allylic oxidation sites excluding steroid dienone is 1. The maximum atomic E-state index is 12.9. The Labute approximate surface area is 181 Å². The van der Waals surface area contributed by atoms with E-state index in [1.165, 1.54) is 37.7 Å². The van der Waals surface area contributed by atoms with E-state index < -0.39 is 6.10 Å². The van der Waals surface area contributed by atoms with Crippen molar-refractivity contribution in [1.29, 1.82) is 0 Å². The van der Waals surface area contributed by atoms with Crippen molar-refractivity contribution in [3.63, 3.8) is 0 Å². The van der Waals surface area contributed by atoms with E-state index in [0.717, 1.165) is 58.0 Å². The number of aliphatic hydroxyl groups is 1. The molecule has 1 N–H and O–H groups in total. The highest BCUT2D eigenvalue weighted by Crippen LogP contribution is 2.56. The van der Waals surface area contributed by atoms with E-state index in [9.17, 15) is 9.90 Å². The van der Waals surface area contributed by atoms with Crippen LogP contribution in [0.5, 0.6) is 0 Å². The van der Waals surface area contributed by atoms with Crippen LogP contribution >= 0.6 is 0 Å². The standard InChI is InChI=1S/C25H40N2O3/c1-17-7-6-8-18-15-21-22(23(28)25(17,18)2)20(24(29)30-21)16-26-11-13-27(14-12-26)19-9-4-3-5-10-19/h8,17,19-23,28H,3-7,9-16H2,1-2H3/t17-,20+,21+,22+,23+,25+/m0/s1. The highest BCUT2D eigenvalue weighted by atomic mass is 16.6. The van der Waals surface area contributed by atoms with E-state index in [2.05, 4.69) is 29.7 Å². The first-order valence-corrected chi connectivity index (χ1v) is 12.5. The quantitative estimate of drug-likeness (QED) is 0.566. The van der Waals surface area contributed by atoms with Crippen molar-refractivity contribution in [3.05, 3.63) is 11.6 Å². The number of carbonyl (C=O) groups is 1. The lowest BCUT2D eigenvalue weighted by Gasteiger charge is -2.52. The fraction of sp³-hybridized carbons (Fsp3) is 0.880. The molecule has 2 saturated carbocycles. The second-order valence-electron chi connectivity index (χ2n) is 10.9. The summed E-state index contributed by atoms with van der Waals surface area (Å²) in [6.07, 6.45) is 11.6. The predicted octanol–water partition coefficient (Wildman–Crippen LogP) is 3.22. The van der Waals surface area contributed by atoms with Crippen LogP contribution in [0.3, 0.4) is 0 Å². The first kappa shape index (κ1) is 21.0. The minimum atomic E-state index is -0.488. The van der Waals surface area contributed by atoms with E-state index in [0.29, 0.717) is 5.92 Å². The van der Waals surface area contributed by atoms with Gasteiger partial charge in [0.15, 0.2) is 0 Å². The highest BCUT2D eigenvalue weighted by Gasteiger charge is 2.59. The second-order valence-corrected chi connectivity index (χ2v) is 10.9. The number of carbonyl (C=O) groups excluding carboxylic acids is 1. The van der Waals surface area contributed by atoms with Crippen molar-refractivity contribution in [2.24, 2.45) is 23.2 Å². The minimum absolute atomic E-state index is 0.0587. The third-order valence-corrected chi connectivity index (χ3v) is 9.52. The second kappa shape index (κ2) is 8.22. The van der Waals surface area contributed by atoms with Gasteiger partial charge in [0.25, 0.3) is 0 Å². The van der Waals surface area contributed by atoms with E-state index in [1.54, 1.807) is 0 Å². The van der Waals surface area contributed by atoms with Gasteiger partial charge in [0.1, 0.15) is 6.10 Å². The van der Waals surface area contributed by atoms with Crippen LogP contribution in [0.25, 0.3) is 0 Å². The number of fused-ring (bicyclic) bond motifs is 2. The lowest BCUT2D eigenvalue weighted by Crippen LogP contribution is -2.56. The number of piperazine rings is 1. The van der Waals surface area contributed by atoms with Crippen molar-refractivity contribution >= 4 is 5.97 Å². The van der Waals surface area contributed by atoms with Gasteiger partial charge < -0.3 is 9.84 Å². The summed E-state index contributed by atoms with van der Waals surface area (Å²) < 4.78 is 5.86. The topological polar surface area (TPSA) is 53.0 Å². The first-order chi connectivity index (χ1) is 14.5. The van der Waals surface area contributed by atoms with Gasteiger partial charge in [-0.05, 0) is 31.6 Å². The van der Waals surface area contributed by atoms with Crippen molar-refractivity contribution in [3.8, 4) is 0 Å². The average molecular weight is 417 g/mol. The smallest absolute Gasteiger partial charge is 0.311 e. The van der Waals surface area contributed by atoms with Crippen LogP contribution in [-0.4, -0.2) is 71.8 Å². The van der Waals surface area contributed by atoms with Crippen molar-refractivity contribution in [2.45, 2.75) is 83.5 Å². The normalized spacial score (nSPS) is 43.6. The largest absolute Gasteiger partial charge is 0.461 e. The monoisotopic (exact) mass is 416 g/mol. The molecule has 2 aliphatic heterocycles. The van der Waals surface area contributed by atoms with Crippen molar-refractivity contribution < 1.29 is 14.6 Å². The molecule has 0 bridgehead atoms. The van der Waals surface area contributed by atoms with Crippen LogP contribution < -0.4 is 0 Å².